The Morgan fingerprint density at radius 1 is 1.38 bits per heavy atom. The highest BCUT2D eigenvalue weighted by Gasteiger charge is 2.27. The molecule has 1 N–H and O–H groups in total. The maximum Gasteiger partial charge on any atom is 0.228 e. The molecule has 5 nitrogen and oxygen atoms in total. The van der Waals surface area contributed by atoms with Gasteiger partial charge in [0.25, 0.3) is 0 Å². The van der Waals surface area contributed by atoms with Crippen LogP contribution >= 0.6 is 11.8 Å². The van der Waals surface area contributed by atoms with E-state index in [0.29, 0.717) is 6.04 Å². The topological polar surface area (TPSA) is 60.2 Å². The summed E-state index contributed by atoms with van der Waals surface area (Å²) >= 11 is 1.89. The molecule has 0 amide bonds. The fourth-order valence-corrected chi connectivity index (χ4v) is 4.17. The number of hydrogen-bond donors (Lipinski definition) is 1. The van der Waals surface area contributed by atoms with Gasteiger partial charge >= 0.3 is 0 Å². The van der Waals surface area contributed by atoms with Gasteiger partial charge in [0.1, 0.15) is 6.10 Å². The van der Waals surface area contributed by atoms with Crippen molar-refractivity contribution in [1.82, 2.24) is 15.5 Å². The van der Waals surface area contributed by atoms with Gasteiger partial charge in [0.05, 0.1) is 6.61 Å². The van der Waals surface area contributed by atoms with Crippen LogP contribution in [0.4, 0.5) is 0 Å². The molecular weight excluding hydrogens is 286 g/mol. The van der Waals surface area contributed by atoms with E-state index >= 15 is 0 Å². The van der Waals surface area contributed by atoms with Crippen molar-refractivity contribution in [3.63, 3.8) is 0 Å². The number of aromatic nitrogens is 2. The van der Waals surface area contributed by atoms with E-state index in [2.05, 4.69) is 22.4 Å². The van der Waals surface area contributed by atoms with Crippen LogP contribution < -0.4 is 5.32 Å². The third-order valence-corrected chi connectivity index (χ3v) is 5.41. The molecule has 6 heteroatoms. The molecule has 2 heterocycles. The number of nitrogens with zero attached hydrogens (tertiary/aromatic N) is 2. The van der Waals surface area contributed by atoms with Gasteiger partial charge in [0.15, 0.2) is 0 Å². The van der Waals surface area contributed by atoms with Crippen LogP contribution in [-0.2, 0) is 11.2 Å². The van der Waals surface area contributed by atoms with Crippen molar-refractivity contribution in [2.45, 2.75) is 51.2 Å². The molecule has 1 saturated heterocycles. The van der Waals surface area contributed by atoms with E-state index in [4.69, 9.17) is 9.26 Å². The number of likely N-dealkylation sites (N-methyl/N-ethyl adjacent to an activating group) is 1. The molecule has 1 aromatic rings. The van der Waals surface area contributed by atoms with Gasteiger partial charge in [0.2, 0.25) is 11.7 Å². The summed E-state index contributed by atoms with van der Waals surface area (Å²) in [5.74, 6) is 4.21. The number of nitrogens with one attached hydrogen (secondary N) is 1. The summed E-state index contributed by atoms with van der Waals surface area (Å²) in [5.41, 5.74) is 0. The van der Waals surface area contributed by atoms with E-state index in [1.54, 1.807) is 0 Å². The second-order valence-electron chi connectivity index (χ2n) is 5.89. The fraction of sp³-hybridized carbons (Fsp3) is 0.867. The maximum absolute atomic E-state index is 5.71. The van der Waals surface area contributed by atoms with Crippen LogP contribution in [0.15, 0.2) is 4.52 Å². The third-order valence-electron chi connectivity index (χ3n) is 4.42. The normalized spacial score (nSPS) is 25.3. The Kier molecular flexibility index (Phi) is 5.55. The Balaban J connectivity index is 1.61. The first-order valence-corrected chi connectivity index (χ1v) is 9.27. The monoisotopic (exact) mass is 311 g/mol. The average molecular weight is 311 g/mol. The quantitative estimate of drug-likeness (QED) is 0.871. The second kappa shape index (κ2) is 7.61. The zero-order valence-corrected chi connectivity index (χ0v) is 13.5. The van der Waals surface area contributed by atoms with E-state index in [9.17, 15) is 0 Å². The molecule has 0 bridgehead atoms. The summed E-state index contributed by atoms with van der Waals surface area (Å²) in [5, 5.41) is 7.73. The van der Waals surface area contributed by atoms with Gasteiger partial charge in [-0.05, 0) is 25.3 Å². The van der Waals surface area contributed by atoms with Gasteiger partial charge in [0, 0.05) is 24.0 Å². The highest BCUT2D eigenvalue weighted by Crippen LogP contribution is 2.29. The van der Waals surface area contributed by atoms with E-state index < -0.39 is 0 Å². The summed E-state index contributed by atoms with van der Waals surface area (Å²) < 4.78 is 11.2. The van der Waals surface area contributed by atoms with Crippen LogP contribution in [0.3, 0.4) is 0 Å². The summed E-state index contributed by atoms with van der Waals surface area (Å²) in [4.78, 5) is 4.57. The molecule has 1 aliphatic heterocycles. The highest BCUT2D eigenvalue weighted by molar-refractivity contribution is 7.99. The first-order chi connectivity index (χ1) is 10.4. The van der Waals surface area contributed by atoms with Gasteiger partial charge in [-0.2, -0.15) is 16.7 Å². The molecule has 3 rings (SSSR count). The lowest BCUT2D eigenvalue weighted by Gasteiger charge is -2.22. The Labute approximate surface area is 130 Å². The van der Waals surface area contributed by atoms with Crippen LogP contribution in [0, 0.1) is 5.92 Å². The lowest BCUT2D eigenvalue weighted by atomic mass is 9.95. The zero-order chi connectivity index (χ0) is 14.5. The Hall–Kier alpha value is -0.590. The van der Waals surface area contributed by atoms with Crippen molar-refractivity contribution in [3.8, 4) is 0 Å². The van der Waals surface area contributed by atoms with Crippen molar-refractivity contribution in [2.75, 3.05) is 24.7 Å². The van der Waals surface area contributed by atoms with Gasteiger partial charge in [-0.1, -0.05) is 24.9 Å². The number of hydrogen-bond acceptors (Lipinski definition) is 6. The third kappa shape index (κ3) is 3.99. The van der Waals surface area contributed by atoms with Crippen molar-refractivity contribution < 1.29 is 9.26 Å². The molecule has 2 unspecified atom stereocenters. The number of ether oxygens (including phenoxy) is 1. The van der Waals surface area contributed by atoms with E-state index in [1.165, 1.54) is 25.7 Å². The standard InChI is InChI=1S/C15H25N3O2S/c1-2-16-12(11-5-3-4-6-11)9-14-17-15(18-20-14)13-10-21-8-7-19-13/h11-13,16H,2-10H2,1H3. The molecular formula is C15H25N3O2S. The summed E-state index contributed by atoms with van der Waals surface area (Å²) in [6, 6.07) is 0.465. The highest BCUT2D eigenvalue weighted by atomic mass is 32.2. The summed E-state index contributed by atoms with van der Waals surface area (Å²) in [6.45, 7) is 3.93. The summed E-state index contributed by atoms with van der Waals surface area (Å²) in [7, 11) is 0. The second-order valence-corrected chi connectivity index (χ2v) is 7.04. The van der Waals surface area contributed by atoms with Crippen molar-refractivity contribution >= 4 is 11.8 Å². The first kappa shape index (κ1) is 15.3. The Morgan fingerprint density at radius 2 is 2.24 bits per heavy atom. The van der Waals surface area contributed by atoms with Crippen molar-refractivity contribution in [2.24, 2.45) is 5.92 Å². The molecule has 2 atom stereocenters. The van der Waals surface area contributed by atoms with E-state index in [0.717, 1.165) is 48.7 Å². The van der Waals surface area contributed by atoms with Crippen LogP contribution in [-0.4, -0.2) is 40.8 Å². The molecule has 2 fully saturated rings. The van der Waals surface area contributed by atoms with Crippen LogP contribution in [0.5, 0.6) is 0 Å². The molecule has 1 saturated carbocycles. The lowest BCUT2D eigenvalue weighted by Crippen LogP contribution is -2.37. The predicted molar refractivity (Wildman–Crippen MR) is 83.4 cm³/mol. The van der Waals surface area contributed by atoms with Crippen molar-refractivity contribution in [3.05, 3.63) is 11.7 Å². The molecule has 2 aliphatic rings. The molecule has 0 radical (unpaired) electrons. The zero-order valence-electron chi connectivity index (χ0n) is 12.7. The first-order valence-electron chi connectivity index (χ1n) is 8.12. The molecule has 1 aromatic heterocycles. The largest absolute Gasteiger partial charge is 0.368 e. The molecule has 21 heavy (non-hydrogen) atoms. The number of thioether (sulfide) groups is 1. The SMILES string of the molecule is CCNC(Cc1nc(C2CSCCO2)no1)C1CCCC1. The van der Waals surface area contributed by atoms with Gasteiger partial charge in [-0.15, -0.1) is 0 Å². The van der Waals surface area contributed by atoms with Gasteiger partial charge < -0.3 is 14.6 Å². The predicted octanol–water partition coefficient (Wildman–Crippen LogP) is 2.58. The molecule has 0 aromatic carbocycles. The molecule has 1 aliphatic carbocycles. The van der Waals surface area contributed by atoms with Gasteiger partial charge in [-0.25, -0.2) is 0 Å². The lowest BCUT2D eigenvalue weighted by molar-refractivity contribution is 0.0677. The van der Waals surface area contributed by atoms with Gasteiger partial charge in [-0.3, -0.25) is 0 Å². The Morgan fingerprint density at radius 3 is 2.95 bits per heavy atom. The van der Waals surface area contributed by atoms with Crippen LogP contribution in [0.1, 0.15) is 50.4 Å². The average Bonchev–Trinajstić information content (AvgIpc) is 3.19. The minimum atomic E-state index is 0.00492. The molecule has 0 spiro atoms. The fourth-order valence-electron chi connectivity index (χ4n) is 3.33. The molecule has 118 valence electrons. The number of rotatable bonds is 6. The van der Waals surface area contributed by atoms with Crippen molar-refractivity contribution in [1.29, 1.82) is 0 Å². The van der Waals surface area contributed by atoms with Crippen LogP contribution in [0.2, 0.25) is 0 Å². The maximum atomic E-state index is 5.71. The van der Waals surface area contributed by atoms with Crippen LogP contribution in [0.25, 0.3) is 0 Å². The van der Waals surface area contributed by atoms with E-state index in [1.807, 2.05) is 11.8 Å². The minimum Gasteiger partial charge on any atom is -0.368 e. The smallest absolute Gasteiger partial charge is 0.228 e. The minimum absolute atomic E-state index is 0.00492. The summed E-state index contributed by atoms with van der Waals surface area (Å²) in [6.07, 6.45) is 6.20. The Bertz CT molecular complexity index is 428. The van der Waals surface area contributed by atoms with E-state index in [-0.39, 0.29) is 6.10 Å².